The number of nitrogens with zero attached hydrogens (tertiary/aromatic N) is 1. The first kappa shape index (κ1) is 8.63. The van der Waals surface area contributed by atoms with Crippen molar-refractivity contribution in [3.8, 4) is 0 Å². The van der Waals surface area contributed by atoms with Gasteiger partial charge in [0.25, 0.3) is 0 Å². The number of allylic oxidation sites excluding steroid dienone is 1. The van der Waals surface area contributed by atoms with Crippen LogP contribution in [-0.4, -0.2) is 37.5 Å². The molecule has 0 N–H and O–H groups in total. The van der Waals surface area contributed by atoms with Gasteiger partial charge in [0.1, 0.15) is 5.41 Å². The second-order valence-corrected chi connectivity index (χ2v) is 4.84. The largest absolute Gasteiger partial charge is 0.465 e. The molecule has 0 spiro atoms. The molecular formula is C17H23NO2. The number of ether oxygens (including phenoxy) is 1. The summed E-state index contributed by atoms with van der Waals surface area (Å²) in [6.45, 7) is -4.05. The highest BCUT2D eigenvalue weighted by Gasteiger charge is 2.49. The number of benzene rings is 1. The van der Waals surface area contributed by atoms with Crippen LogP contribution < -0.4 is 0 Å². The number of carbonyl (C=O) groups is 1. The summed E-state index contributed by atoms with van der Waals surface area (Å²) in [6, 6.07) is 7.49. The Balaban J connectivity index is 2.72. The van der Waals surface area contributed by atoms with Crippen molar-refractivity contribution in [1.29, 1.82) is 0 Å². The van der Waals surface area contributed by atoms with Crippen molar-refractivity contribution < 1.29 is 17.8 Å². The van der Waals surface area contributed by atoms with Gasteiger partial charge in [0.05, 0.1) is 6.61 Å². The molecule has 20 heavy (non-hydrogen) atoms. The van der Waals surface area contributed by atoms with Gasteiger partial charge < -0.3 is 9.64 Å². The fourth-order valence-electron chi connectivity index (χ4n) is 2.81. The predicted octanol–water partition coefficient (Wildman–Crippen LogP) is 2.77. The van der Waals surface area contributed by atoms with Crippen molar-refractivity contribution in [2.75, 3.05) is 20.6 Å². The van der Waals surface area contributed by atoms with E-state index in [2.05, 4.69) is 0 Å². The maximum atomic E-state index is 13.0. The third-order valence-corrected chi connectivity index (χ3v) is 3.74. The van der Waals surface area contributed by atoms with Gasteiger partial charge in [0.2, 0.25) is 0 Å². The lowest BCUT2D eigenvalue weighted by molar-refractivity contribution is -0.152. The maximum absolute atomic E-state index is 13.0. The van der Waals surface area contributed by atoms with Gasteiger partial charge in [-0.3, -0.25) is 4.79 Å². The third kappa shape index (κ3) is 2.50. The molecule has 108 valence electrons. The lowest BCUT2D eigenvalue weighted by Crippen LogP contribution is -2.54. The Labute approximate surface area is 129 Å². The molecular weight excluding hydrogens is 250 g/mol. The van der Waals surface area contributed by atoms with E-state index in [1.54, 1.807) is 43.3 Å². The zero-order valence-corrected chi connectivity index (χ0v) is 11.5. The first-order valence-corrected chi connectivity index (χ1v) is 6.74. The molecule has 0 fully saturated rings. The van der Waals surface area contributed by atoms with Crippen LogP contribution in [0.25, 0.3) is 0 Å². The lowest BCUT2D eigenvalue weighted by Gasteiger charge is -2.42. The molecule has 1 aliphatic rings. The molecule has 0 radical (unpaired) electrons. The van der Waals surface area contributed by atoms with Gasteiger partial charge in [0, 0.05) is 14.3 Å². The van der Waals surface area contributed by atoms with Crippen molar-refractivity contribution in [2.45, 2.75) is 31.2 Å². The zero-order chi connectivity index (χ0) is 19.6. The Bertz CT molecular complexity index is 641. The first-order chi connectivity index (χ1) is 12.0. The van der Waals surface area contributed by atoms with Crippen LogP contribution in [-0.2, 0) is 14.9 Å². The minimum absolute atomic E-state index is 0.116. The van der Waals surface area contributed by atoms with E-state index in [1.807, 2.05) is 0 Å². The van der Waals surface area contributed by atoms with E-state index >= 15 is 0 Å². The molecule has 2 rings (SSSR count). The highest BCUT2D eigenvalue weighted by molar-refractivity contribution is 5.85. The molecule has 0 heterocycles. The topological polar surface area (TPSA) is 29.5 Å². The predicted molar refractivity (Wildman–Crippen MR) is 80.6 cm³/mol. The zero-order valence-electron chi connectivity index (χ0n) is 17.5. The van der Waals surface area contributed by atoms with Crippen molar-refractivity contribution in [2.24, 2.45) is 0 Å². The Morgan fingerprint density at radius 2 is 2.20 bits per heavy atom. The van der Waals surface area contributed by atoms with Crippen LogP contribution >= 0.6 is 0 Å². The van der Waals surface area contributed by atoms with Gasteiger partial charge in [-0.25, -0.2) is 0 Å². The number of carbonyl (C=O) groups excluding carboxylic acids is 1. The summed E-state index contributed by atoms with van der Waals surface area (Å²) in [5, 5.41) is 0. The van der Waals surface area contributed by atoms with Crippen molar-refractivity contribution in [1.82, 2.24) is 4.90 Å². The number of rotatable bonds is 4. The van der Waals surface area contributed by atoms with Crippen LogP contribution in [0.1, 0.15) is 33.6 Å². The van der Waals surface area contributed by atoms with Crippen molar-refractivity contribution in [3.63, 3.8) is 0 Å². The van der Waals surface area contributed by atoms with Gasteiger partial charge in [-0.1, -0.05) is 42.5 Å². The van der Waals surface area contributed by atoms with Crippen molar-refractivity contribution >= 4 is 5.97 Å². The molecule has 0 aromatic heterocycles. The summed E-state index contributed by atoms with van der Waals surface area (Å²) in [4.78, 5) is 13.5. The summed E-state index contributed by atoms with van der Waals surface area (Å²) < 4.78 is 51.9. The van der Waals surface area contributed by atoms with E-state index in [0.29, 0.717) is 16.9 Å². The molecule has 0 saturated carbocycles. The van der Waals surface area contributed by atoms with Crippen LogP contribution in [0.4, 0.5) is 0 Å². The summed E-state index contributed by atoms with van der Waals surface area (Å²) >= 11 is 0. The van der Waals surface area contributed by atoms with E-state index < -0.39 is 31.4 Å². The summed E-state index contributed by atoms with van der Waals surface area (Å²) in [6.07, 6.45) is 4.00. The number of hydrogen-bond donors (Lipinski definition) is 0. The highest BCUT2D eigenvalue weighted by atomic mass is 16.5. The number of hydrogen-bond acceptors (Lipinski definition) is 3. The highest BCUT2D eigenvalue weighted by Crippen LogP contribution is 2.40. The van der Waals surface area contributed by atoms with Crippen LogP contribution in [0.3, 0.4) is 0 Å². The van der Waals surface area contributed by atoms with E-state index in [0.717, 1.165) is 0 Å². The fraction of sp³-hybridized carbons (Fsp3) is 0.471. The van der Waals surface area contributed by atoms with Crippen molar-refractivity contribution in [3.05, 3.63) is 48.0 Å². The minimum Gasteiger partial charge on any atom is -0.465 e. The normalized spacial score (nSPS) is 31.4. The molecule has 1 aromatic carbocycles. The molecule has 0 saturated heterocycles. The molecule has 0 amide bonds. The second-order valence-electron chi connectivity index (χ2n) is 4.84. The van der Waals surface area contributed by atoms with Gasteiger partial charge in [-0.2, -0.15) is 0 Å². The SMILES string of the molecule is [2H]C([2H])([2H])N([C@@H]1C=CCC[C@]1(C(=O)OCC)c1ccccc1)C([2H])([2H])[2H]. The summed E-state index contributed by atoms with van der Waals surface area (Å²) in [7, 11) is 0. The molecule has 2 atom stereocenters. The fourth-order valence-corrected chi connectivity index (χ4v) is 2.81. The second kappa shape index (κ2) is 6.23. The standard InChI is InChI=1S/C17H23NO2/c1-4-20-16(19)17(14-10-6-5-7-11-14)13-9-8-12-15(17)18(2)3/h5-8,10-12,15H,4,9,13H2,1-3H3/t15-,17+/m1/s1/i2D3,3D3. The molecule has 3 nitrogen and oxygen atoms in total. The number of likely N-dealkylation sites (N-methyl/N-ethyl adjacent to an activating group) is 1. The molecule has 3 heteroatoms. The van der Waals surface area contributed by atoms with Crippen LogP contribution in [0, 0.1) is 0 Å². The Hall–Kier alpha value is -1.61. The first-order valence-electron chi connectivity index (χ1n) is 9.74. The minimum atomic E-state index is -2.91. The average molecular weight is 279 g/mol. The van der Waals surface area contributed by atoms with E-state index in [-0.39, 0.29) is 13.0 Å². The maximum Gasteiger partial charge on any atom is 0.318 e. The monoisotopic (exact) mass is 279 g/mol. The van der Waals surface area contributed by atoms with E-state index in [9.17, 15) is 4.79 Å². The van der Waals surface area contributed by atoms with Gasteiger partial charge in [0.15, 0.2) is 0 Å². The summed E-state index contributed by atoms with van der Waals surface area (Å²) in [5.74, 6) is -0.612. The quantitative estimate of drug-likeness (QED) is 0.627. The van der Waals surface area contributed by atoms with E-state index in [4.69, 9.17) is 13.0 Å². The molecule has 0 bridgehead atoms. The molecule has 1 aromatic rings. The van der Waals surface area contributed by atoms with E-state index in [1.165, 1.54) is 6.08 Å². The molecule has 1 aliphatic carbocycles. The van der Waals surface area contributed by atoms with Gasteiger partial charge >= 0.3 is 5.97 Å². The lowest BCUT2D eigenvalue weighted by atomic mass is 9.68. The Morgan fingerprint density at radius 3 is 2.85 bits per heavy atom. The van der Waals surface area contributed by atoms with Gasteiger partial charge in [-0.15, -0.1) is 0 Å². The third-order valence-electron chi connectivity index (χ3n) is 3.74. The number of esters is 1. The van der Waals surface area contributed by atoms with Crippen LogP contribution in [0.2, 0.25) is 0 Å². The van der Waals surface area contributed by atoms with Gasteiger partial charge in [-0.05, 0) is 39.3 Å². The summed E-state index contributed by atoms with van der Waals surface area (Å²) in [5.41, 5.74) is -0.860. The Kier molecular flexibility index (Phi) is 2.69. The van der Waals surface area contributed by atoms with Crippen LogP contribution in [0.15, 0.2) is 42.5 Å². The molecule has 0 aliphatic heterocycles. The average Bonchev–Trinajstić information content (AvgIpc) is 2.54. The molecule has 0 unspecified atom stereocenters. The smallest absolute Gasteiger partial charge is 0.318 e. The van der Waals surface area contributed by atoms with Crippen LogP contribution in [0.5, 0.6) is 0 Å². The Morgan fingerprint density at radius 1 is 1.45 bits per heavy atom.